The average molecular weight is 271 g/mol. The van der Waals surface area contributed by atoms with Crippen LogP contribution in [0.3, 0.4) is 0 Å². The van der Waals surface area contributed by atoms with E-state index in [-0.39, 0.29) is 0 Å². The van der Waals surface area contributed by atoms with E-state index >= 15 is 0 Å². The van der Waals surface area contributed by atoms with Crippen LogP contribution < -0.4 is 5.73 Å². The minimum absolute atomic E-state index is 0.441. The molecule has 0 spiro atoms. The van der Waals surface area contributed by atoms with E-state index in [2.05, 4.69) is 6.92 Å². The molecule has 0 aliphatic heterocycles. The summed E-state index contributed by atoms with van der Waals surface area (Å²) in [6.07, 6.45) is 11.0. The highest BCUT2D eigenvalue weighted by molar-refractivity contribution is 4.77. The molecule has 0 saturated heterocycles. The zero-order valence-electron chi connectivity index (χ0n) is 14.0. The summed E-state index contributed by atoms with van der Waals surface area (Å²) in [6, 6.07) is 0.441. The molecule has 19 heavy (non-hydrogen) atoms. The molecule has 0 heterocycles. The standard InChI is InChI=1S/C13H25NO.2C2H6/c1-10-2-6-12(7-3-10)15-13-8-4-11(14)5-9-13;2*1-2/h10-13H,2-9,14H2,1H3;2*1-2H3. The van der Waals surface area contributed by atoms with Crippen molar-refractivity contribution in [2.45, 2.75) is 104 Å². The van der Waals surface area contributed by atoms with Crippen LogP contribution in [0.4, 0.5) is 0 Å². The molecule has 0 aromatic carbocycles. The lowest BCUT2D eigenvalue weighted by molar-refractivity contribution is -0.0516. The first kappa shape index (κ1) is 18.9. The van der Waals surface area contributed by atoms with Gasteiger partial charge in [0, 0.05) is 6.04 Å². The normalized spacial score (nSPS) is 34.4. The minimum atomic E-state index is 0.441. The quantitative estimate of drug-likeness (QED) is 0.775. The van der Waals surface area contributed by atoms with E-state index in [0.717, 1.165) is 18.8 Å². The highest BCUT2D eigenvalue weighted by atomic mass is 16.5. The Labute approximate surface area is 121 Å². The first-order valence-corrected chi connectivity index (χ1v) is 8.65. The monoisotopic (exact) mass is 271 g/mol. The Morgan fingerprint density at radius 3 is 1.47 bits per heavy atom. The summed E-state index contributed by atoms with van der Waals surface area (Å²) in [5.74, 6) is 0.921. The summed E-state index contributed by atoms with van der Waals surface area (Å²) < 4.78 is 6.17. The topological polar surface area (TPSA) is 35.2 Å². The zero-order chi connectivity index (χ0) is 14.7. The van der Waals surface area contributed by atoms with Crippen LogP contribution in [-0.2, 0) is 4.74 Å². The second kappa shape index (κ2) is 11.7. The third-order valence-corrected chi connectivity index (χ3v) is 4.07. The molecule has 0 aromatic heterocycles. The SMILES string of the molecule is CC.CC.CC1CCC(OC2CCC(N)CC2)CC1. The van der Waals surface area contributed by atoms with Gasteiger partial charge in [-0.3, -0.25) is 0 Å². The molecule has 0 aromatic rings. The molecular weight excluding hydrogens is 234 g/mol. The number of rotatable bonds is 2. The van der Waals surface area contributed by atoms with Crippen LogP contribution in [0.2, 0.25) is 0 Å². The van der Waals surface area contributed by atoms with Gasteiger partial charge in [0.25, 0.3) is 0 Å². The van der Waals surface area contributed by atoms with Gasteiger partial charge in [0.1, 0.15) is 0 Å². The first-order valence-electron chi connectivity index (χ1n) is 8.65. The molecule has 0 amide bonds. The molecule has 0 bridgehead atoms. The third-order valence-electron chi connectivity index (χ3n) is 4.07. The maximum Gasteiger partial charge on any atom is 0.0580 e. The highest BCUT2D eigenvalue weighted by Gasteiger charge is 2.24. The van der Waals surface area contributed by atoms with Crippen molar-refractivity contribution in [1.82, 2.24) is 0 Å². The van der Waals surface area contributed by atoms with Crippen LogP contribution in [0.5, 0.6) is 0 Å². The zero-order valence-corrected chi connectivity index (χ0v) is 14.0. The second-order valence-corrected chi connectivity index (χ2v) is 5.55. The first-order chi connectivity index (χ1) is 9.24. The van der Waals surface area contributed by atoms with Crippen molar-refractivity contribution in [3.8, 4) is 0 Å². The van der Waals surface area contributed by atoms with Crippen molar-refractivity contribution in [2.75, 3.05) is 0 Å². The van der Waals surface area contributed by atoms with E-state index in [0.29, 0.717) is 18.2 Å². The van der Waals surface area contributed by atoms with E-state index in [1.807, 2.05) is 27.7 Å². The molecule has 2 nitrogen and oxygen atoms in total. The van der Waals surface area contributed by atoms with E-state index in [9.17, 15) is 0 Å². The largest absolute Gasteiger partial charge is 0.375 e. The fourth-order valence-corrected chi connectivity index (χ4v) is 2.86. The predicted molar refractivity (Wildman–Crippen MR) is 85.4 cm³/mol. The van der Waals surface area contributed by atoms with Gasteiger partial charge in [0.2, 0.25) is 0 Å². The summed E-state index contributed by atoms with van der Waals surface area (Å²) >= 11 is 0. The van der Waals surface area contributed by atoms with Gasteiger partial charge in [-0.15, -0.1) is 0 Å². The molecule has 2 aliphatic rings. The predicted octanol–water partition coefficient (Wildman–Crippen LogP) is 4.90. The Morgan fingerprint density at radius 2 is 1.05 bits per heavy atom. The fraction of sp³-hybridized carbons (Fsp3) is 1.00. The van der Waals surface area contributed by atoms with Crippen LogP contribution in [0.1, 0.15) is 86.0 Å². The van der Waals surface area contributed by atoms with Gasteiger partial charge in [-0.1, -0.05) is 34.6 Å². The molecule has 0 atom stereocenters. The Balaban J connectivity index is 0.000000741. The van der Waals surface area contributed by atoms with Gasteiger partial charge < -0.3 is 10.5 Å². The molecule has 0 radical (unpaired) electrons. The van der Waals surface area contributed by atoms with Gasteiger partial charge in [-0.05, 0) is 57.3 Å². The third kappa shape index (κ3) is 7.94. The molecule has 2 fully saturated rings. The summed E-state index contributed by atoms with van der Waals surface area (Å²) in [5, 5.41) is 0. The lowest BCUT2D eigenvalue weighted by Gasteiger charge is -2.33. The van der Waals surface area contributed by atoms with Gasteiger partial charge in [-0.2, -0.15) is 0 Å². The summed E-state index contributed by atoms with van der Waals surface area (Å²) in [4.78, 5) is 0. The molecule has 2 N–H and O–H groups in total. The van der Waals surface area contributed by atoms with E-state index in [1.165, 1.54) is 38.5 Å². The molecule has 0 unspecified atom stereocenters. The Hall–Kier alpha value is -0.0800. The van der Waals surface area contributed by atoms with Crippen molar-refractivity contribution in [3.05, 3.63) is 0 Å². The summed E-state index contributed by atoms with van der Waals surface area (Å²) in [6.45, 7) is 10.4. The summed E-state index contributed by atoms with van der Waals surface area (Å²) in [7, 11) is 0. The Kier molecular flexibility index (Phi) is 11.7. The summed E-state index contributed by atoms with van der Waals surface area (Å²) in [5.41, 5.74) is 5.89. The van der Waals surface area contributed by atoms with Crippen LogP contribution in [0.25, 0.3) is 0 Å². The average Bonchev–Trinajstić information content (AvgIpc) is 2.48. The minimum Gasteiger partial charge on any atom is -0.375 e. The van der Waals surface area contributed by atoms with Gasteiger partial charge >= 0.3 is 0 Å². The number of hydrogen-bond acceptors (Lipinski definition) is 2. The van der Waals surface area contributed by atoms with E-state index < -0.39 is 0 Å². The molecule has 116 valence electrons. The molecule has 2 aliphatic carbocycles. The van der Waals surface area contributed by atoms with Gasteiger partial charge in [-0.25, -0.2) is 0 Å². The van der Waals surface area contributed by atoms with Crippen LogP contribution in [0, 0.1) is 5.92 Å². The van der Waals surface area contributed by atoms with Gasteiger partial charge in [0.15, 0.2) is 0 Å². The van der Waals surface area contributed by atoms with E-state index in [4.69, 9.17) is 10.5 Å². The Bertz CT molecular complexity index is 160. The molecule has 2 heteroatoms. The number of hydrogen-bond donors (Lipinski definition) is 1. The van der Waals surface area contributed by atoms with Crippen molar-refractivity contribution < 1.29 is 4.74 Å². The van der Waals surface area contributed by atoms with Crippen molar-refractivity contribution in [2.24, 2.45) is 11.7 Å². The Morgan fingerprint density at radius 1 is 0.684 bits per heavy atom. The molecule has 2 saturated carbocycles. The van der Waals surface area contributed by atoms with Crippen LogP contribution >= 0.6 is 0 Å². The lowest BCUT2D eigenvalue weighted by Crippen LogP contribution is -2.33. The van der Waals surface area contributed by atoms with Crippen molar-refractivity contribution >= 4 is 0 Å². The highest BCUT2D eigenvalue weighted by Crippen LogP contribution is 2.29. The number of nitrogens with two attached hydrogens (primary N) is 1. The lowest BCUT2D eigenvalue weighted by atomic mass is 9.88. The van der Waals surface area contributed by atoms with Gasteiger partial charge in [0.05, 0.1) is 12.2 Å². The smallest absolute Gasteiger partial charge is 0.0580 e. The maximum atomic E-state index is 6.17. The number of ether oxygens (including phenoxy) is 1. The molecule has 2 rings (SSSR count). The maximum absolute atomic E-state index is 6.17. The van der Waals surface area contributed by atoms with Crippen LogP contribution in [0.15, 0.2) is 0 Å². The molecular formula is C17H37NO. The van der Waals surface area contributed by atoms with Crippen LogP contribution in [-0.4, -0.2) is 18.2 Å². The van der Waals surface area contributed by atoms with Crippen molar-refractivity contribution in [3.63, 3.8) is 0 Å². The van der Waals surface area contributed by atoms with E-state index in [1.54, 1.807) is 0 Å². The fourth-order valence-electron chi connectivity index (χ4n) is 2.86. The second-order valence-electron chi connectivity index (χ2n) is 5.55. The van der Waals surface area contributed by atoms with Crippen molar-refractivity contribution in [1.29, 1.82) is 0 Å².